The van der Waals surface area contributed by atoms with Crippen molar-refractivity contribution in [2.45, 2.75) is 24.5 Å². The van der Waals surface area contributed by atoms with Gasteiger partial charge in [-0.05, 0) is 48.4 Å². The number of nitrogens with one attached hydrogen (secondary N) is 1. The summed E-state index contributed by atoms with van der Waals surface area (Å²) < 4.78 is 5.37. The van der Waals surface area contributed by atoms with Gasteiger partial charge in [0.05, 0.1) is 12.3 Å². The summed E-state index contributed by atoms with van der Waals surface area (Å²) in [6.07, 6.45) is -1.18. The van der Waals surface area contributed by atoms with Crippen LogP contribution in [0.2, 0.25) is 5.02 Å². The van der Waals surface area contributed by atoms with Crippen LogP contribution in [0, 0.1) is 0 Å². The molecule has 3 atom stereocenters. The van der Waals surface area contributed by atoms with Crippen molar-refractivity contribution in [2.24, 2.45) is 0 Å². The molecule has 3 aromatic rings. The molecule has 1 unspecified atom stereocenters. The smallest absolute Gasteiger partial charge is 0.339 e. The van der Waals surface area contributed by atoms with E-state index in [1.54, 1.807) is 24.1 Å². The molecule has 7 heteroatoms. The number of ether oxygens (including phenoxy) is 1. The first-order valence-electron chi connectivity index (χ1n) is 10.4. The molecule has 0 bridgehead atoms. The normalized spacial score (nSPS) is 23.8. The average molecular weight is 449 g/mol. The van der Waals surface area contributed by atoms with Gasteiger partial charge in [0.1, 0.15) is 11.5 Å². The zero-order chi connectivity index (χ0) is 22.3. The SMILES string of the molecule is CCOC(=O)[C@@H]1ON(c2ccccc2)[C@H](c2cccc(Cl)c2)C12C(=O)Nc1ccccc12. The van der Waals surface area contributed by atoms with E-state index in [1.165, 1.54) is 0 Å². The molecule has 1 saturated heterocycles. The van der Waals surface area contributed by atoms with Crippen LogP contribution in [0.5, 0.6) is 0 Å². The summed E-state index contributed by atoms with van der Waals surface area (Å²) in [5, 5.41) is 5.12. The summed E-state index contributed by atoms with van der Waals surface area (Å²) in [6.45, 7) is 1.90. The molecule has 3 aromatic carbocycles. The van der Waals surface area contributed by atoms with Crippen molar-refractivity contribution < 1.29 is 19.2 Å². The highest BCUT2D eigenvalue weighted by molar-refractivity contribution is 6.30. The summed E-state index contributed by atoms with van der Waals surface area (Å²) in [6, 6.07) is 23.4. The van der Waals surface area contributed by atoms with Gasteiger partial charge >= 0.3 is 5.97 Å². The number of esters is 1. The number of carbonyl (C=O) groups excluding carboxylic acids is 2. The van der Waals surface area contributed by atoms with Gasteiger partial charge in [0.15, 0.2) is 0 Å². The molecule has 0 saturated carbocycles. The largest absolute Gasteiger partial charge is 0.464 e. The van der Waals surface area contributed by atoms with Crippen LogP contribution in [0.3, 0.4) is 0 Å². The van der Waals surface area contributed by atoms with Crippen molar-refractivity contribution in [3.8, 4) is 0 Å². The number of hydroxylamine groups is 1. The highest BCUT2D eigenvalue weighted by Crippen LogP contribution is 2.57. The summed E-state index contributed by atoms with van der Waals surface area (Å²) in [5.41, 5.74) is 1.42. The zero-order valence-corrected chi connectivity index (χ0v) is 18.1. The molecule has 0 aromatic heterocycles. The Morgan fingerprint density at radius 1 is 1.09 bits per heavy atom. The molecule has 1 amide bonds. The predicted molar refractivity (Wildman–Crippen MR) is 121 cm³/mol. The van der Waals surface area contributed by atoms with Crippen LogP contribution in [0.25, 0.3) is 0 Å². The fourth-order valence-electron chi connectivity index (χ4n) is 4.73. The number of hydrogen-bond acceptors (Lipinski definition) is 5. The minimum absolute atomic E-state index is 0.172. The lowest BCUT2D eigenvalue weighted by molar-refractivity contribution is -0.159. The fraction of sp³-hybridized carbons (Fsp3) is 0.200. The monoisotopic (exact) mass is 448 g/mol. The second-order valence-corrected chi connectivity index (χ2v) is 8.16. The minimum Gasteiger partial charge on any atom is -0.464 e. The maximum absolute atomic E-state index is 13.8. The van der Waals surface area contributed by atoms with Gasteiger partial charge in [-0.1, -0.05) is 60.1 Å². The van der Waals surface area contributed by atoms with Crippen molar-refractivity contribution in [2.75, 3.05) is 17.0 Å². The molecule has 2 heterocycles. The first-order chi connectivity index (χ1) is 15.6. The number of rotatable bonds is 4. The van der Waals surface area contributed by atoms with Gasteiger partial charge in [-0.3, -0.25) is 9.63 Å². The van der Waals surface area contributed by atoms with Crippen molar-refractivity contribution in [3.63, 3.8) is 0 Å². The van der Waals surface area contributed by atoms with E-state index in [9.17, 15) is 9.59 Å². The summed E-state index contributed by atoms with van der Waals surface area (Å²) in [4.78, 5) is 33.3. The second kappa shape index (κ2) is 7.97. The Morgan fingerprint density at radius 2 is 1.84 bits per heavy atom. The van der Waals surface area contributed by atoms with Crippen LogP contribution in [0.15, 0.2) is 78.9 Å². The van der Waals surface area contributed by atoms with Crippen LogP contribution < -0.4 is 10.4 Å². The molecule has 2 aliphatic rings. The molecule has 2 aliphatic heterocycles. The summed E-state index contributed by atoms with van der Waals surface area (Å²) >= 11 is 6.35. The maximum atomic E-state index is 13.8. The Hall–Kier alpha value is -3.35. The quantitative estimate of drug-likeness (QED) is 0.588. The highest BCUT2D eigenvalue weighted by Gasteiger charge is 2.68. The number of benzene rings is 3. The second-order valence-electron chi connectivity index (χ2n) is 7.73. The Bertz CT molecular complexity index is 1190. The van der Waals surface area contributed by atoms with Crippen LogP contribution in [0.4, 0.5) is 11.4 Å². The molecule has 1 spiro atoms. The van der Waals surface area contributed by atoms with E-state index in [-0.39, 0.29) is 12.5 Å². The van der Waals surface area contributed by atoms with Crippen molar-refractivity contribution >= 4 is 34.9 Å². The van der Waals surface area contributed by atoms with E-state index in [0.29, 0.717) is 22.0 Å². The van der Waals surface area contributed by atoms with Gasteiger partial charge < -0.3 is 10.1 Å². The zero-order valence-electron chi connectivity index (χ0n) is 17.3. The lowest BCUT2D eigenvalue weighted by Crippen LogP contribution is -2.50. The third kappa shape index (κ3) is 2.98. The molecule has 1 N–H and O–H groups in total. The molecular formula is C25H21ClN2O4. The molecule has 0 aliphatic carbocycles. The van der Waals surface area contributed by atoms with Crippen LogP contribution in [-0.4, -0.2) is 24.6 Å². The predicted octanol–water partition coefficient (Wildman–Crippen LogP) is 4.65. The first kappa shape index (κ1) is 20.5. The first-order valence-corrected chi connectivity index (χ1v) is 10.8. The number of halogens is 1. The average Bonchev–Trinajstić information content (AvgIpc) is 3.31. The van der Waals surface area contributed by atoms with E-state index in [4.69, 9.17) is 21.2 Å². The van der Waals surface area contributed by atoms with Gasteiger partial charge in [0, 0.05) is 10.7 Å². The number of amides is 1. The van der Waals surface area contributed by atoms with E-state index >= 15 is 0 Å². The Kier molecular flexibility index (Phi) is 5.12. The highest BCUT2D eigenvalue weighted by atomic mass is 35.5. The third-order valence-corrected chi connectivity index (χ3v) is 6.21. The van der Waals surface area contributed by atoms with E-state index in [2.05, 4.69) is 5.32 Å². The molecular weight excluding hydrogens is 428 g/mol. The molecule has 5 rings (SSSR count). The molecule has 162 valence electrons. The number of nitrogens with zero attached hydrogens (tertiary/aromatic N) is 1. The molecule has 0 radical (unpaired) electrons. The van der Waals surface area contributed by atoms with Crippen LogP contribution in [0.1, 0.15) is 24.1 Å². The topological polar surface area (TPSA) is 67.9 Å². The third-order valence-electron chi connectivity index (χ3n) is 5.97. The number of fused-ring (bicyclic) bond motifs is 2. The standard InChI is InChI=1S/C25H21ClN2O4/c1-2-31-23(29)22-25(19-13-6-7-14-20(19)27-24(25)30)21(16-9-8-10-17(26)15-16)28(32-22)18-11-4-3-5-12-18/h3-15,21-22H,2H2,1H3,(H,27,30)/t21-,22+,25?/m1/s1. The van der Waals surface area contributed by atoms with E-state index < -0.39 is 23.5 Å². The van der Waals surface area contributed by atoms with Gasteiger partial charge in [-0.2, -0.15) is 0 Å². The van der Waals surface area contributed by atoms with Crippen molar-refractivity contribution in [1.29, 1.82) is 0 Å². The number of hydrogen-bond donors (Lipinski definition) is 1. The van der Waals surface area contributed by atoms with Gasteiger partial charge in [0.25, 0.3) is 0 Å². The lowest BCUT2D eigenvalue weighted by atomic mass is 9.69. The van der Waals surface area contributed by atoms with E-state index in [1.807, 2.05) is 66.7 Å². The Labute approximate surface area is 190 Å². The molecule has 1 fully saturated rings. The Morgan fingerprint density at radius 3 is 2.59 bits per heavy atom. The molecule has 6 nitrogen and oxygen atoms in total. The number of para-hydroxylation sites is 2. The van der Waals surface area contributed by atoms with Gasteiger partial charge in [-0.15, -0.1) is 0 Å². The van der Waals surface area contributed by atoms with Gasteiger partial charge in [-0.25, -0.2) is 9.86 Å². The maximum Gasteiger partial charge on any atom is 0.339 e. The number of carbonyl (C=O) groups is 2. The summed E-state index contributed by atoms with van der Waals surface area (Å²) in [5.74, 6) is -0.912. The van der Waals surface area contributed by atoms with Crippen molar-refractivity contribution in [3.05, 3.63) is 95.0 Å². The van der Waals surface area contributed by atoms with E-state index in [0.717, 1.165) is 5.56 Å². The molecule has 32 heavy (non-hydrogen) atoms. The van der Waals surface area contributed by atoms with Crippen molar-refractivity contribution in [1.82, 2.24) is 0 Å². The fourth-order valence-corrected chi connectivity index (χ4v) is 4.92. The van der Waals surface area contributed by atoms with Crippen LogP contribution in [-0.2, 0) is 24.6 Å². The lowest BCUT2D eigenvalue weighted by Gasteiger charge is -2.33. The van der Waals surface area contributed by atoms with Gasteiger partial charge in [0.2, 0.25) is 12.0 Å². The number of anilines is 2. The minimum atomic E-state index is -1.37. The Balaban J connectivity index is 1.80. The summed E-state index contributed by atoms with van der Waals surface area (Å²) in [7, 11) is 0. The van der Waals surface area contributed by atoms with Crippen LogP contribution >= 0.6 is 11.6 Å².